The maximum atomic E-state index is 3.34. The Labute approximate surface area is 132 Å². The van der Waals surface area contributed by atoms with Crippen molar-refractivity contribution in [1.82, 2.24) is 9.88 Å². The van der Waals surface area contributed by atoms with Crippen LogP contribution < -0.4 is 0 Å². The number of aromatic amines is 1. The lowest BCUT2D eigenvalue weighted by molar-refractivity contribution is 0.365. The number of H-pyrrole nitrogens is 1. The number of nitrogens with one attached hydrogen (secondary N) is 1. The highest BCUT2D eigenvalue weighted by Crippen LogP contribution is 2.18. The van der Waals surface area contributed by atoms with Gasteiger partial charge in [0.1, 0.15) is 0 Å². The van der Waals surface area contributed by atoms with Gasteiger partial charge in [-0.15, -0.1) is 0 Å². The van der Waals surface area contributed by atoms with Crippen molar-refractivity contribution in [1.29, 1.82) is 0 Å². The summed E-state index contributed by atoms with van der Waals surface area (Å²) in [6, 6.07) is 17.2. The quantitative estimate of drug-likeness (QED) is 0.726. The largest absolute Gasteiger partial charge is 0.361 e. The minimum Gasteiger partial charge on any atom is -0.361 e. The van der Waals surface area contributed by atoms with Crippen LogP contribution in [0.3, 0.4) is 0 Å². The minimum atomic E-state index is 0.936. The van der Waals surface area contributed by atoms with E-state index in [1.54, 1.807) is 0 Å². The van der Waals surface area contributed by atoms with Gasteiger partial charge in [0.05, 0.1) is 0 Å². The third-order valence-electron chi connectivity index (χ3n) is 3.88. The molecule has 0 radical (unpaired) electrons. The van der Waals surface area contributed by atoms with Crippen LogP contribution >= 0.6 is 0 Å². The molecule has 1 aromatic heterocycles. The van der Waals surface area contributed by atoms with Gasteiger partial charge in [-0.05, 0) is 36.6 Å². The molecule has 112 valence electrons. The molecule has 2 nitrogen and oxygen atoms in total. The third-order valence-corrected chi connectivity index (χ3v) is 3.88. The summed E-state index contributed by atoms with van der Waals surface area (Å²) < 4.78 is 0. The summed E-state index contributed by atoms with van der Waals surface area (Å²) in [5, 5.41) is 1.28. The molecule has 22 heavy (non-hydrogen) atoms. The lowest BCUT2D eigenvalue weighted by Gasteiger charge is -2.15. The summed E-state index contributed by atoms with van der Waals surface area (Å²) in [6.45, 7) is 4.00. The Balaban J connectivity index is 1.63. The first-order valence-corrected chi connectivity index (χ1v) is 7.69. The summed E-state index contributed by atoms with van der Waals surface area (Å²) in [4.78, 5) is 5.66. The molecule has 0 spiro atoms. The number of hydrogen-bond acceptors (Lipinski definition) is 1. The number of fused-ring (bicyclic) bond motifs is 1. The van der Waals surface area contributed by atoms with Crippen molar-refractivity contribution in [3.63, 3.8) is 0 Å². The Morgan fingerprint density at radius 2 is 1.95 bits per heavy atom. The summed E-state index contributed by atoms with van der Waals surface area (Å²) in [5.74, 6) is 0. The monoisotopic (exact) mass is 290 g/mol. The maximum absolute atomic E-state index is 3.34. The minimum absolute atomic E-state index is 0.936. The Bertz CT molecular complexity index is 783. The molecular weight excluding hydrogens is 268 g/mol. The van der Waals surface area contributed by atoms with Gasteiger partial charge in [0.15, 0.2) is 0 Å². The van der Waals surface area contributed by atoms with Gasteiger partial charge >= 0.3 is 0 Å². The molecule has 3 aromatic rings. The van der Waals surface area contributed by atoms with Crippen molar-refractivity contribution < 1.29 is 0 Å². The van der Waals surface area contributed by atoms with Crippen LogP contribution in [-0.4, -0.2) is 23.5 Å². The fourth-order valence-corrected chi connectivity index (χ4v) is 2.78. The van der Waals surface area contributed by atoms with E-state index in [1.165, 1.54) is 27.6 Å². The van der Waals surface area contributed by atoms with E-state index in [0.717, 1.165) is 13.1 Å². The van der Waals surface area contributed by atoms with E-state index in [9.17, 15) is 0 Å². The summed E-state index contributed by atoms with van der Waals surface area (Å²) >= 11 is 0. The number of aryl methyl sites for hydroxylation is 1. The number of rotatable bonds is 5. The highest BCUT2D eigenvalue weighted by Gasteiger charge is 2.04. The van der Waals surface area contributed by atoms with Gasteiger partial charge in [-0.3, -0.25) is 4.90 Å². The first kappa shape index (κ1) is 14.6. The predicted octanol–water partition coefficient (Wildman–Crippen LogP) is 4.62. The first-order valence-electron chi connectivity index (χ1n) is 7.69. The lowest BCUT2D eigenvalue weighted by Crippen LogP contribution is -2.17. The number of nitrogens with zero attached hydrogens (tertiary/aromatic N) is 1. The van der Waals surface area contributed by atoms with Crippen molar-refractivity contribution in [2.24, 2.45) is 0 Å². The Morgan fingerprint density at radius 1 is 1.09 bits per heavy atom. The second kappa shape index (κ2) is 6.63. The van der Waals surface area contributed by atoms with Crippen LogP contribution in [0.25, 0.3) is 17.0 Å². The maximum Gasteiger partial charge on any atom is 0.0499 e. The van der Waals surface area contributed by atoms with Crippen LogP contribution in [0.1, 0.15) is 16.7 Å². The van der Waals surface area contributed by atoms with Gasteiger partial charge in [-0.25, -0.2) is 0 Å². The smallest absolute Gasteiger partial charge is 0.0499 e. The molecule has 0 atom stereocenters. The topological polar surface area (TPSA) is 19.0 Å². The summed E-state index contributed by atoms with van der Waals surface area (Å²) in [6.07, 6.45) is 6.42. The molecule has 3 rings (SSSR count). The fraction of sp³-hybridized carbons (Fsp3) is 0.200. The molecular formula is C20H22N2. The molecule has 1 N–H and O–H groups in total. The van der Waals surface area contributed by atoms with E-state index >= 15 is 0 Å². The van der Waals surface area contributed by atoms with E-state index in [0.29, 0.717) is 0 Å². The van der Waals surface area contributed by atoms with Gasteiger partial charge in [-0.2, -0.15) is 0 Å². The van der Waals surface area contributed by atoms with Gasteiger partial charge in [0.2, 0.25) is 0 Å². The summed E-state index contributed by atoms with van der Waals surface area (Å²) in [7, 11) is 2.16. The normalized spacial score (nSPS) is 11.8. The molecule has 2 aromatic carbocycles. The van der Waals surface area contributed by atoms with Crippen LogP contribution in [-0.2, 0) is 6.54 Å². The van der Waals surface area contributed by atoms with Crippen LogP contribution in [0.15, 0.2) is 60.8 Å². The molecule has 0 saturated carbocycles. The van der Waals surface area contributed by atoms with E-state index in [2.05, 4.69) is 84.5 Å². The molecule has 0 aliphatic carbocycles. The number of hydrogen-bond donors (Lipinski definition) is 1. The van der Waals surface area contributed by atoms with E-state index < -0.39 is 0 Å². The Kier molecular flexibility index (Phi) is 4.40. The van der Waals surface area contributed by atoms with Crippen molar-refractivity contribution >= 4 is 17.0 Å². The lowest BCUT2D eigenvalue weighted by atomic mass is 10.1. The zero-order chi connectivity index (χ0) is 15.4. The van der Waals surface area contributed by atoms with Crippen LogP contribution in [0.5, 0.6) is 0 Å². The summed E-state index contributed by atoms with van der Waals surface area (Å²) in [5.41, 5.74) is 5.15. The van der Waals surface area contributed by atoms with Crippen LogP contribution in [0.2, 0.25) is 0 Å². The second-order valence-corrected chi connectivity index (χ2v) is 5.87. The molecule has 0 amide bonds. The van der Waals surface area contributed by atoms with Crippen molar-refractivity contribution in [2.75, 3.05) is 13.6 Å². The van der Waals surface area contributed by atoms with Crippen LogP contribution in [0.4, 0.5) is 0 Å². The van der Waals surface area contributed by atoms with Crippen molar-refractivity contribution in [3.8, 4) is 0 Å². The fourth-order valence-electron chi connectivity index (χ4n) is 2.78. The third kappa shape index (κ3) is 3.46. The van der Waals surface area contributed by atoms with Crippen LogP contribution in [0, 0.1) is 6.92 Å². The van der Waals surface area contributed by atoms with E-state index in [-0.39, 0.29) is 0 Å². The molecule has 2 heteroatoms. The highest BCUT2D eigenvalue weighted by molar-refractivity contribution is 5.82. The van der Waals surface area contributed by atoms with Gasteiger partial charge in [0, 0.05) is 24.8 Å². The second-order valence-electron chi connectivity index (χ2n) is 5.87. The number of likely N-dealkylation sites (N-methyl/N-ethyl adjacent to an activating group) is 1. The zero-order valence-corrected chi connectivity index (χ0v) is 13.2. The Hall–Kier alpha value is -2.32. The number of para-hydroxylation sites is 1. The predicted molar refractivity (Wildman–Crippen MR) is 94.8 cm³/mol. The van der Waals surface area contributed by atoms with E-state index in [1.807, 2.05) is 6.20 Å². The molecule has 0 aliphatic heterocycles. The highest BCUT2D eigenvalue weighted by atomic mass is 15.1. The first-order chi connectivity index (χ1) is 10.7. The molecule has 0 unspecified atom stereocenters. The van der Waals surface area contributed by atoms with Gasteiger partial charge in [0.25, 0.3) is 0 Å². The Morgan fingerprint density at radius 3 is 2.82 bits per heavy atom. The SMILES string of the molecule is Cc1cccc(C=CCN(C)Cc2cccc3cc[nH]c23)c1. The molecule has 0 saturated heterocycles. The number of aromatic nitrogens is 1. The van der Waals surface area contributed by atoms with Crippen molar-refractivity contribution in [2.45, 2.75) is 13.5 Å². The molecule has 0 bridgehead atoms. The number of benzene rings is 2. The molecule has 0 fully saturated rings. The average Bonchev–Trinajstić information content (AvgIpc) is 2.97. The van der Waals surface area contributed by atoms with Crippen molar-refractivity contribution in [3.05, 3.63) is 77.5 Å². The van der Waals surface area contributed by atoms with Gasteiger partial charge < -0.3 is 4.98 Å². The molecule has 1 heterocycles. The standard InChI is InChI=1S/C20H22N2/c1-16-6-3-7-17(14-16)8-5-13-22(2)15-19-10-4-9-18-11-12-21-20(18)19/h3-12,14,21H,13,15H2,1-2H3. The molecule has 0 aliphatic rings. The van der Waals surface area contributed by atoms with Gasteiger partial charge in [-0.1, -0.05) is 60.2 Å². The average molecular weight is 290 g/mol. The van der Waals surface area contributed by atoms with E-state index in [4.69, 9.17) is 0 Å². The zero-order valence-electron chi connectivity index (χ0n) is 13.2.